The number of methoxy groups -OCH3 is 1. The summed E-state index contributed by atoms with van der Waals surface area (Å²) in [5.74, 6) is 0.887. The second-order valence-electron chi connectivity index (χ2n) is 1.82. The number of aliphatic imine (C=N–C) groups is 1. The Bertz CT molecular complexity index is 136. The maximum atomic E-state index is 4.90. The van der Waals surface area contributed by atoms with E-state index in [1.165, 1.54) is 0 Å². The van der Waals surface area contributed by atoms with E-state index in [4.69, 9.17) is 4.74 Å². The zero-order valence-electron chi connectivity index (χ0n) is 6.43. The summed E-state index contributed by atoms with van der Waals surface area (Å²) < 4.78 is 4.90. The number of allylic oxidation sites excluding steroid dienone is 2. The second-order valence-corrected chi connectivity index (χ2v) is 1.82. The van der Waals surface area contributed by atoms with Crippen LogP contribution in [0.1, 0.15) is 13.8 Å². The lowest BCUT2D eigenvalue weighted by molar-refractivity contribution is 0.294. The van der Waals surface area contributed by atoms with Gasteiger partial charge in [0.1, 0.15) is 0 Å². The Morgan fingerprint density at radius 1 is 1.44 bits per heavy atom. The predicted octanol–water partition coefficient (Wildman–Crippen LogP) is 1.63. The SMILES string of the molecule is CN=C(C)/C=C(\C)OC. The molecule has 0 saturated carbocycles. The molecule has 0 aliphatic heterocycles. The van der Waals surface area contributed by atoms with E-state index in [2.05, 4.69) is 4.99 Å². The van der Waals surface area contributed by atoms with Crippen LogP contribution < -0.4 is 0 Å². The molecule has 2 heteroatoms. The molecular formula is C7H13NO. The Labute approximate surface area is 56.2 Å². The van der Waals surface area contributed by atoms with Gasteiger partial charge in [0.25, 0.3) is 0 Å². The first-order valence-corrected chi connectivity index (χ1v) is 2.86. The lowest BCUT2D eigenvalue weighted by Gasteiger charge is -1.96. The predicted molar refractivity (Wildman–Crippen MR) is 39.8 cm³/mol. The highest BCUT2D eigenvalue weighted by Gasteiger charge is 1.84. The van der Waals surface area contributed by atoms with Crippen molar-refractivity contribution < 1.29 is 4.74 Å². The highest BCUT2D eigenvalue weighted by molar-refractivity contribution is 5.92. The van der Waals surface area contributed by atoms with Gasteiger partial charge in [0.2, 0.25) is 0 Å². The fraction of sp³-hybridized carbons (Fsp3) is 0.571. The van der Waals surface area contributed by atoms with E-state index in [-0.39, 0.29) is 0 Å². The van der Waals surface area contributed by atoms with Crippen LogP contribution in [-0.4, -0.2) is 19.9 Å². The minimum absolute atomic E-state index is 0.887. The smallest absolute Gasteiger partial charge is 0.0942 e. The monoisotopic (exact) mass is 127 g/mol. The lowest BCUT2D eigenvalue weighted by atomic mass is 10.3. The molecular weight excluding hydrogens is 114 g/mol. The first-order chi connectivity index (χ1) is 4.20. The van der Waals surface area contributed by atoms with Crippen LogP contribution in [0.2, 0.25) is 0 Å². The third-order valence-corrected chi connectivity index (χ3v) is 1.09. The van der Waals surface area contributed by atoms with Gasteiger partial charge >= 0.3 is 0 Å². The van der Waals surface area contributed by atoms with Crippen LogP contribution in [0.25, 0.3) is 0 Å². The van der Waals surface area contributed by atoms with E-state index in [1.54, 1.807) is 14.2 Å². The zero-order valence-corrected chi connectivity index (χ0v) is 6.43. The molecule has 0 radical (unpaired) electrons. The first-order valence-electron chi connectivity index (χ1n) is 2.86. The number of hydrogen-bond acceptors (Lipinski definition) is 2. The summed E-state index contributed by atoms with van der Waals surface area (Å²) in [5.41, 5.74) is 0.981. The van der Waals surface area contributed by atoms with Crippen molar-refractivity contribution in [2.75, 3.05) is 14.2 Å². The minimum Gasteiger partial charge on any atom is -0.501 e. The quantitative estimate of drug-likeness (QED) is 0.408. The Morgan fingerprint density at radius 3 is 2.33 bits per heavy atom. The van der Waals surface area contributed by atoms with Gasteiger partial charge in [-0.3, -0.25) is 4.99 Å². The molecule has 0 saturated heterocycles. The maximum Gasteiger partial charge on any atom is 0.0942 e. The summed E-state index contributed by atoms with van der Waals surface area (Å²) in [5, 5.41) is 0. The third kappa shape index (κ3) is 3.76. The molecule has 0 N–H and O–H groups in total. The molecule has 52 valence electrons. The van der Waals surface area contributed by atoms with E-state index in [0.29, 0.717) is 0 Å². The van der Waals surface area contributed by atoms with Gasteiger partial charge in [-0.1, -0.05) is 0 Å². The van der Waals surface area contributed by atoms with E-state index < -0.39 is 0 Å². The molecule has 0 atom stereocenters. The van der Waals surface area contributed by atoms with Gasteiger partial charge in [0.15, 0.2) is 0 Å². The van der Waals surface area contributed by atoms with Gasteiger partial charge in [-0.05, 0) is 19.9 Å². The van der Waals surface area contributed by atoms with Gasteiger partial charge in [-0.25, -0.2) is 0 Å². The molecule has 0 aromatic heterocycles. The molecule has 0 amide bonds. The molecule has 0 aliphatic rings. The molecule has 0 heterocycles. The molecule has 0 aliphatic carbocycles. The van der Waals surface area contributed by atoms with Crippen LogP contribution in [0.5, 0.6) is 0 Å². The second kappa shape index (κ2) is 4.13. The molecule has 0 fully saturated rings. The first kappa shape index (κ1) is 8.21. The highest BCUT2D eigenvalue weighted by atomic mass is 16.5. The summed E-state index contributed by atoms with van der Waals surface area (Å²) >= 11 is 0. The third-order valence-electron chi connectivity index (χ3n) is 1.09. The largest absolute Gasteiger partial charge is 0.501 e. The van der Waals surface area contributed by atoms with E-state index >= 15 is 0 Å². The van der Waals surface area contributed by atoms with Crippen LogP contribution in [-0.2, 0) is 4.74 Å². The summed E-state index contributed by atoms with van der Waals surface area (Å²) in [7, 11) is 3.41. The van der Waals surface area contributed by atoms with Gasteiger partial charge in [0, 0.05) is 12.8 Å². The van der Waals surface area contributed by atoms with Crippen molar-refractivity contribution in [2.24, 2.45) is 4.99 Å². The average molecular weight is 127 g/mol. The molecule has 0 spiro atoms. The highest BCUT2D eigenvalue weighted by Crippen LogP contribution is 1.92. The van der Waals surface area contributed by atoms with Gasteiger partial charge in [0.05, 0.1) is 12.9 Å². The standard InChI is InChI=1S/C7H13NO/c1-6(8-3)5-7(2)9-4/h5H,1-4H3/b7-5+,8-6?. The molecule has 0 bridgehead atoms. The van der Waals surface area contributed by atoms with Crippen LogP contribution >= 0.6 is 0 Å². The average Bonchev–Trinajstić information content (AvgIpc) is 1.87. The van der Waals surface area contributed by atoms with Crippen molar-refractivity contribution in [1.29, 1.82) is 0 Å². The van der Waals surface area contributed by atoms with Crippen molar-refractivity contribution in [3.05, 3.63) is 11.8 Å². The normalized spacial score (nSPS) is 13.8. The van der Waals surface area contributed by atoms with Crippen LogP contribution in [0.4, 0.5) is 0 Å². The van der Waals surface area contributed by atoms with Gasteiger partial charge < -0.3 is 4.74 Å². The number of nitrogens with zero attached hydrogens (tertiary/aromatic N) is 1. The summed E-state index contributed by atoms with van der Waals surface area (Å²) in [6, 6.07) is 0. The fourth-order valence-electron chi connectivity index (χ4n) is 0.418. The number of ether oxygens (including phenoxy) is 1. The lowest BCUT2D eigenvalue weighted by Crippen LogP contribution is -1.87. The summed E-state index contributed by atoms with van der Waals surface area (Å²) in [6.45, 7) is 3.83. The Balaban J connectivity index is 3.95. The Kier molecular flexibility index (Phi) is 3.76. The van der Waals surface area contributed by atoms with Gasteiger partial charge in [-0.15, -0.1) is 0 Å². The molecule has 0 rings (SSSR count). The van der Waals surface area contributed by atoms with E-state index in [9.17, 15) is 0 Å². The van der Waals surface area contributed by atoms with Crippen LogP contribution in [0, 0.1) is 0 Å². The van der Waals surface area contributed by atoms with Crippen LogP contribution in [0.15, 0.2) is 16.8 Å². The number of rotatable bonds is 2. The molecule has 9 heavy (non-hydrogen) atoms. The van der Waals surface area contributed by atoms with Gasteiger partial charge in [-0.2, -0.15) is 0 Å². The zero-order chi connectivity index (χ0) is 7.28. The summed E-state index contributed by atoms with van der Waals surface area (Å²) in [4.78, 5) is 3.94. The van der Waals surface area contributed by atoms with E-state index in [0.717, 1.165) is 11.5 Å². The topological polar surface area (TPSA) is 21.6 Å². The molecule has 0 aromatic rings. The number of hydrogen-bond donors (Lipinski definition) is 0. The fourth-order valence-corrected chi connectivity index (χ4v) is 0.418. The van der Waals surface area contributed by atoms with Crippen molar-refractivity contribution in [3.63, 3.8) is 0 Å². The van der Waals surface area contributed by atoms with Crippen molar-refractivity contribution in [1.82, 2.24) is 0 Å². The van der Waals surface area contributed by atoms with Crippen molar-refractivity contribution >= 4 is 5.71 Å². The molecule has 0 aromatic carbocycles. The molecule has 0 unspecified atom stereocenters. The Morgan fingerprint density at radius 2 is 2.00 bits per heavy atom. The van der Waals surface area contributed by atoms with E-state index in [1.807, 2.05) is 19.9 Å². The summed E-state index contributed by atoms with van der Waals surface area (Å²) in [6.07, 6.45) is 1.89. The minimum atomic E-state index is 0.887. The van der Waals surface area contributed by atoms with Crippen molar-refractivity contribution in [3.8, 4) is 0 Å². The van der Waals surface area contributed by atoms with Crippen LogP contribution in [0.3, 0.4) is 0 Å². The Hall–Kier alpha value is -0.790. The molecule has 2 nitrogen and oxygen atoms in total. The maximum absolute atomic E-state index is 4.90. The van der Waals surface area contributed by atoms with Crippen molar-refractivity contribution in [2.45, 2.75) is 13.8 Å².